The molecule has 1 aliphatic heterocycles. The van der Waals surface area contributed by atoms with Crippen LogP contribution < -0.4 is 4.74 Å². The van der Waals surface area contributed by atoms with Crippen LogP contribution in [-0.2, 0) is 6.42 Å². The van der Waals surface area contributed by atoms with Gasteiger partial charge < -0.3 is 14.7 Å². The highest BCUT2D eigenvalue weighted by molar-refractivity contribution is 5.33. The lowest BCUT2D eigenvalue weighted by molar-refractivity contribution is 0.0821. The molecule has 0 amide bonds. The Kier molecular flexibility index (Phi) is 5.16. The number of piperidine rings is 1. The van der Waals surface area contributed by atoms with Crippen molar-refractivity contribution in [3.63, 3.8) is 0 Å². The smallest absolute Gasteiger partial charge is 0.123 e. The van der Waals surface area contributed by atoms with E-state index in [0.29, 0.717) is 0 Å². The Labute approximate surface area is 114 Å². The topological polar surface area (TPSA) is 32.7 Å². The number of aliphatic hydroxyl groups excluding tert-OH is 1. The molecule has 1 aliphatic rings. The minimum atomic E-state index is -0.211. The lowest BCUT2D eigenvalue weighted by Gasteiger charge is -2.29. The average molecular weight is 267 g/mol. The molecule has 4 heteroatoms. The Bertz CT molecular complexity index is 403. The molecule has 1 N–H and O–H groups in total. The van der Waals surface area contributed by atoms with Gasteiger partial charge in [0, 0.05) is 13.1 Å². The Morgan fingerprint density at radius 3 is 2.79 bits per heavy atom. The maximum absolute atomic E-state index is 13.2. The molecule has 19 heavy (non-hydrogen) atoms. The van der Waals surface area contributed by atoms with Gasteiger partial charge >= 0.3 is 0 Å². The van der Waals surface area contributed by atoms with Crippen LogP contribution in [0, 0.1) is 5.82 Å². The molecule has 0 aliphatic carbocycles. The molecule has 1 aromatic carbocycles. The minimum absolute atomic E-state index is 0.125. The number of methoxy groups -OCH3 is 1. The normalized spacial score (nSPS) is 17.6. The van der Waals surface area contributed by atoms with Crippen molar-refractivity contribution in [2.75, 3.05) is 26.7 Å². The number of aryl methyl sites for hydroxylation is 1. The summed E-state index contributed by atoms with van der Waals surface area (Å²) >= 11 is 0. The fourth-order valence-electron chi connectivity index (χ4n) is 2.58. The number of hydrogen-bond acceptors (Lipinski definition) is 3. The number of hydrogen-bond donors (Lipinski definition) is 1. The minimum Gasteiger partial charge on any atom is -0.496 e. The van der Waals surface area contributed by atoms with Gasteiger partial charge in [0.15, 0.2) is 0 Å². The summed E-state index contributed by atoms with van der Waals surface area (Å²) in [5, 5.41) is 9.44. The summed E-state index contributed by atoms with van der Waals surface area (Å²) in [7, 11) is 1.61. The molecule has 3 nitrogen and oxygen atoms in total. The first kappa shape index (κ1) is 14.3. The highest BCUT2D eigenvalue weighted by Crippen LogP contribution is 2.21. The van der Waals surface area contributed by atoms with Gasteiger partial charge in [0.25, 0.3) is 0 Å². The Hall–Kier alpha value is -1.13. The molecule has 0 saturated carbocycles. The van der Waals surface area contributed by atoms with E-state index in [0.717, 1.165) is 56.6 Å². The Morgan fingerprint density at radius 2 is 2.11 bits per heavy atom. The predicted octanol–water partition coefficient (Wildman–Crippen LogP) is 2.22. The lowest BCUT2D eigenvalue weighted by Crippen LogP contribution is -2.36. The number of rotatable bonds is 5. The van der Waals surface area contributed by atoms with Crippen LogP contribution in [0.5, 0.6) is 5.75 Å². The summed E-state index contributed by atoms with van der Waals surface area (Å²) in [5.41, 5.74) is 0.930. The third kappa shape index (κ3) is 4.18. The molecule has 0 unspecified atom stereocenters. The summed E-state index contributed by atoms with van der Waals surface area (Å²) in [6, 6.07) is 4.66. The van der Waals surface area contributed by atoms with E-state index in [-0.39, 0.29) is 11.9 Å². The third-order valence-corrected chi connectivity index (χ3v) is 3.72. The number of halogens is 1. The van der Waals surface area contributed by atoms with E-state index in [1.54, 1.807) is 19.2 Å². The Morgan fingerprint density at radius 1 is 1.37 bits per heavy atom. The van der Waals surface area contributed by atoms with Crippen LogP contribution in [0.25, 0.3) is 0 Å². The summed E-state index contributed by atoms with van der Waals surface area (Å²) in [6.07, 6.45) is 3.40. The molecule has 0 radical (unpaired) electrons. The fraction of sp³-hybridized carbons (Fsp3) is 0.600. The molecule has 106 valence electrons. The first-order chi connectivity index (χ1) is 9.19. The van der Waals surface area contributed by atoms with Crippen LogP contribution >= 0.6 is 0 Å². The van der Waals surface area contributed by atoms with Crippen LogP contribution in [0.4, 0.5) is 4.39 Å². The quantitative estimate of drug-likeness (QED) is 0.888. The van der Waals surface area contributed by atoms with E-state index in [2.05, 4.69) is 4.90 Å². The van der Waals surface area contributed by atoms with Gasteiger partial charge in [0.2, 0.25) is 0 Å². The first-order valence-electron chi connectivity index (χ1n) is 6.92. The van der Waals surface area contributed by atoms with E-state index in [9.17, 15) is 9.50 Å². The van der Waals surface area contributed by atoms with Crippen molar-refractivity contribution in [2.45, 2.75) is 31.8 Å². The van der Waals surface area contributed by atoms with Crippen LogP contribution in [0.15, 0.2) is 18.2 Å². The zero-order chi connectivity index (χ0) is 13.7. The lowest BCUT2D eigenvalue weighted by atomic mass is 10.1. The molecule has 1 fully saturated rings. The maximum Gasteiger partial charge on any atom is 0.123 e. The molecule has 0 spiro atoms. The number of benzene rings is 1. The van der Waals surface area contributed by atoms with Gasteiger partial charge in [-0.15, -0.1) is 0 Å². The first-order valence-corrected chi connectivity index (χ1v) is 6.92. The van der Waals surface area contributed by atoms with Gasteiger partial charge in [-0.3, -0.25) is 0 Å². The van der Waals surface area contributed by atoms with Crippen molar-refractivity contribution < 1.29 is 14.2 Å². The standard InChI is InChI=1S/C15H22FNO2/c1-19-15-5-4-13(16)11-12(15)3-2-8-17-9-6-14(18)7-10-17/h4-5,11,14,18H,2-3,6-10H2,1H3. The van der Waals surface area contributed by atoms with Gasteiger partial charge in [-0.25, -0.2) is 4.39 Å². The van der Waals surface area contributed by atoms with Gasteiger partial charge in [0.1, 0.15) is 11.6 Å². The number of ether oxygens (including phenoxy) is 1. The second kappa shape index (κ2) is 6.87. The summed E-state index contributed by atoms with van der Waals surface area (Å²) in [5.74, 6) is 0.548. The van der Waals surface area contributed by atoms with Crippen molar-refractivity contribution in [3.05, 3.63) is 29.6 Å². The van der Waals surface area contributed by atoms with Crippen LogP contribution in [0.2, 0.25) is 0 Å². The molecule has 1 saturated heterocycles. The molecule has 1 aromatic rings. The third-order valence-electron chi connectivity index (χ3n) is 3.72. The van der Waals surface area contributed by atoms with Crippen molar-refractivity contribution in [1.82, 2.24) is 4.90 Å². The summed E-state index contributed by atoms with van der Waals surface area (Å²) < 4.78 is 18.5. The predicted molar refractivity (Wildman–Crippen MR) is 73.0 cm³/mol. The highest BCUT2D eigenvalue weighted by Gasteiger charge is 2.16. The molecular weight excluding hydrogens is 245 g/mol. The van der Waals surface area contributed by atoms with E-state index in [1.807, 2.05) is 0 Å². The molecule has 0 atom stereocenters. The van der Waals surface area contributed by atoms with Crippen LogP contribution in [0.1, 0.15) is 24.8 Å². The van der Waals surface area contributed by atoms with Crippen molar-refractivity contribution in [3.8, 4) is 5.75 Å². The van der Waals surface area contributed by atoms with E-state index >= 15 is 0 Å². The zero-order valence-electron chi connectivity index (χ0n) is 11.4. The van der Waals surface area contributed by atoms with Crippen molar-refractivity contribution >= 4 is 0 Å². The van der Waals surface area contributed by atoms with E-state index < -0.39 is 0 Å². The second-order valence-electron chi connectivity index (χ2n) is 5.13. The Balaban J connectivity index is 1.80. The van der Waals surface area contributed by atoms with Gasteiger partial charge in [-0.1, -0.05) is 0 Å². The van der Waals surface area contributed by atoms with Gasteiger partial charge in [-0.05, 0) is 56.0 Å². The van der Waals surface area contributed by atoms with Crippen molar-refractivity contribution in [2.24, 2.45) is 0 Å². The SMILES string of the molecule is COc1ccc(F)cc1CCCN1CCC(O)CC1. The van der Waals surface area contributed by atoms with Crippen molar-refractivity contribution in [1.29, 1.82) is 0 Å². The monoisotopic (exact) mass is 267 g/mol. The molecule has 1 heterocycles. The average Bonchev–Trinajstić information content (AvgIpc) is 2.41. The van der Waals surface area contributed by atoms with Crippen LogP contribution in [-0.4, -0.2) is 42.9 Å². The summed E-state index contributed by atoms with van der Waals surface area (Å²) in [4.78, 5) is 2.36. The molecular formula is C15H22FNO2. The van der Waals surface area contributed by atoms with E-state index in [1.165, 1.54) is 6.07 Å². The summed E-state index contributed by atoms with van der Waals surface area (Å²) in [6.45, 7) is 2.91. The second-order valence-corrected chi connectivity index (χ2v) is 5.13. The van der Waals surface area contributed by atoms with Gasteiger partial charge in [0.05, 0.1) is 13.2 Å². The van der Waals surface area contributed by atoms with Gasteiger partial charge in [-0.2, -0.15) is 0 Å². The zero-order valence-corrected chi connectivity index (χ0v) is 11.4. The molecule has 0 aromatic heterocycles. The largest absolute Gasteiger partial charge is 0.496 e. The maximum atomic E-state index is 13.2. The fourth-order valence-corrected chi connectivity index (χ4v) is 2.58. The highest BCUT2D eigenvalue weighted by atomic mass is 19.1. The molecule has 2 rings (SSSR count). The van der Waals surface area contributed by atoms with Crippen LogP contribution in [0.3, 0.4) is 0 Å². The number of nitrogens with zero attached hydrogens (tertiary/aromatic N) is 1. The molecule has 0 bridgehead atoms. The van der Waals surface area contributed by atoms with E-state index in [4.69, 9.17) is 4.74 Å². The number of aliphatic hydroxyl groups is 1. The number of likely N-dealkylation sites (tertiary alicyclic amines) is 1.